The summed E-state index contributed by atoms with van der Waals surface area (Å²) in [6, 6.07) is 16.0. The Labute approximate surface area is 301 Å². The van der Waals surface area contributed by atoms with E-state index in [0.717, 1.165) is 73.3 Å². The second-order valence-corrected chi connectivity index (χ2v) is 17.3. The van der Waals surface area contributed by atoms with Crippen LogP contribution in [0.1, 0.15) is 92.4 Å². The van der Waals surface area contributed by atoms with Gasteiger partial charge in [0.15, 0.2) is 0 Å². The van der Waals surface area contributed by atoms with Crippen molar-refractivity contribution in [3.05, 3.63) is 48.5 Å². The van der Waals surface area contributed by atoms with Crippen LogP contribution in [0.15, 0.2) is 56.9 Å². The summed E-state index contributed by atoms with van der Waals surface area (Å²) < 4.78 is 37.7. The van der Waals surface area contributed by atoms with E-state index in [0.29, 0.717) is 6.42 Å². The summed E-state index contributed by atoms with van der Waals surface area (Å²) in [5, 5.41) is 1.95. The highest BCUT2D eigenvalue weighted by molar-refractivity contribution is 7.31. The van der Waals surface area contributed by atoms with Gasteiger partial charge in [-0.05, 0) is 104 Å². The zero-order valence-electron chi connectivity index (χ0n) is 30.8. The normalized spacial score (nSPS) is 34.9. The number of carbonyl (C=O) groups excluding carboxylic acids is 3. The van der Waals surface area contributed by atoms with E-state index in [2.05, 4.69) is 32.9 Å². The number of methoxy groups -OCH3 is 1. The van der Waals surface area contributed by atoms with E-state index in [1.807, 2.05) is 36.4 Å². The predicted molar refractivity (Wildman–Crippen MR) is 194 cm³/mol. The standard InChI is InChI=1S/C41H53O9P/c1-24(15-18-38(44)45-6)31-16-17-32-39-33(23-37(41(31,32)5)47-26(3)43)40(4)20-19-28(46-25(2)42)21-27(40)22-36(39)50-51-48-34-13-9-7-11-29(34)30-12-8-10-14-35(30)49-51/h7-14,24,27-28,31-33,36-37,39H,15-23H2,1-6H3/t24-,27+,28-,31-,32+,33+,36-,37+,39+,40+,41-/m1/s1. The van der Waals surface area contributed by atoms with Gasteiger partial charge < -0.3 is 22.6 Å². The number of fused-ring (bicyclic) bond motifs is 8. The maximum atomic E-state index is 12.8. The highest BCUT2D eigenvalue weighted by Crippen LogP contribution is 2.69. The number of hydrogen-bond donors (Lipinski definition) is 0. The molecule has 4 aliphatic rings. The molecule has 2 aromatic carbocycles. The average Bonchev–Trinajstić information content (AvgIpc) is 3.37. The maximum Gasteiger partial charge on any atom is 0.387 e. The van der Waals surface area contributed by atoms with Crippen molar-refractivity contribution in [1.29, 1.82) is 0 Å². The summed E-state index contributed by atoms with van der Waals surface area (Å²) >= 11 is 0. The van der Waals surface area contributed by atoms with Gasteiger partial charge in [0.25, 0.3) is 0 Å². The van der Waals surface area contributed by atoms with Gasteiger partial charge >= 0.3 is 26.1 Å². The van der Waals surface area contributed by atoms with Crippen LogP contribution < -0.4 is 4.52 Å². The van der Waals surface area contributed by atoms with Crippen LogP contribution in [0.5, 0.6) is 0 Å². The van der Waals surface area contributed by atoms with Gasteiger partial charge in [0.2, 0.25) is 0 Å². The first kappa shape index (κ1) is 36.1. The summed E-state index contributed by atoms with van der Waals surface area (Å²) in [6.07, 6.45) is 6.59. The van der Waals surface area contributed by atoms with Crippen molar-refractivity contribution in [3.63, 3.8) is 0 Å². The maximum absolute atomic E-state index is 12.8. The van der Waals surface area contributed by atoms with Crippen LogP contribution in [-0.4, -0.2) is 43.3 Å². The second kappa shape index (κ2) is 14.3. The molecule has 3 aromatic rings. The molecule has 7 rings (SSSR count). The van der Waals surface area contributed by atoms with Gasteiger partial charge in [-0.25, -0.2) is 0 Å². The second-order valence-electron chi connectivity index (χ2n) is 16.3. The fourth-order valence-electron chi connectivity index (χ4n) is 11.4. The molecule has 276 valence electrons. The molecule has 0 unspecified atom stereocenters. The first-order valence-corrected chi connectivity index (χ1v) is 19.9. The molecule has 9 nitrogen and oxygen atoms in total. The quantitative estimate of drug-likeness (QED) is 0.166. The molecular formula is C41H53O9P. The Morgan fingerprint density at radius 1 is 0.863 bits per heavy atom. The molecule has 0 aliphatic heterocycles. The first-order valence-electron chi connectivity index (χ1n) is 18.8. The van der Waals surface area contributed by atoms with Crippen LogP contribution in [0.2, 0.25) is 0 Å². The van der Waals surface area contributed by atoms with Gasteiger partial charge in [-0.15, -0.1) is 0 Å². The molecule has 1 aromatic heterocycles. The van der Waals surface area contributed by atoms with Crippen LogP contribution in [0.25, 0.3) is 21.9 Å². The molecule has 4 saturated carbocycles. The molecule has 0 N–H and O–H groups in total. The van der Waals surface area contributed by atoms with Gasteiger partial charge in [-0.2, -0.15) is 0 Å². The highest BCUT2D eigenvalue weighted by Gasteiger charge is 2.67. The van der Waals surface area contributed by atoms with Crippen LogP contribution >= 0.6 is 8.24 Å². The summed E-state index contributed by atoms with van der Waals surface area (Å²) in [6.45, 7) is 10.0. The lowest BCUT2D eigenvalue weighted by Gasteiger charge is -2.64. The first-order chi connectivity index (χ1) is 24.4. The monoisotopic (exact) mass is 720 g/mol. The molecule has 0 amide bonds. The molecule has 4 fully saturated rings. The molecule has 0 bridgehead atoms. The van der Waals surface area contributed by atoms with Crippen molar-refractivity contribution in [2.75, 3.05) is 7.11 Å². The summed E-state index contributed by atoms with van der Waals surface area (Å²) in [4.78, 5) is 37.1. The molecular weight excluding hydrogens is 667 g/mol. The van der Waals surface area contributed by atoms with Crippen molar-refractivity contribution in [2.45, 2.75) is 111 Å². The Bertz CT molecular complexity index is 1760. The summed E-state index contributed by atoms with van der Waals surface area (Å²) in [5.74, 6) is 0.665. The van der Waals surface area contributed by atoms with Crippen LogP contribution in [0.4, 0.5) is 0 Å². The third-order valence-corrected chi connectivity index (χ3v) is 14.9. The van der Waals surface area contributed by atoms with E-state index in [4.69, 9.17) is 27.1 Å². The molecule has 10 heteroatoms. The average molecular weight is 721 g/mol. The third-order valence-electron chi connectivity index (χ3n) is 13.7. The molecule has 0 saturated heterocycles. The van der Waals surface area contributed by atoms with E-state index >= 15 is 0 Å². The topological polar surface area (TPSA) is 114 Å². The van der Waals surface area contributed by atoms with E-state index in [9.17, 15) is 14.4 Å². The number of hydrogen-bond acceptors (Lipinski definition) is 9. The van der Waals surface area contributed by atoms with E-state index in [1.54, 1.807) is 0 Å². The predicted octanol–water partition coefficient (Wildman–Crippen LogP) is 9.42. The van der Waals surface area contributed by atoms with Crippen molar-refractivity contribution in [1.82, 2.24) is 0 Å². The van der Waals surface area contributed by atoms with E-state index < -0.39 is 8.24 Å². The summed E-state index contributed by atoms with van der Waals surface area (Å²) in [5.41, 5.74) is 1.12. The molecule has 1 heterocycles. The van der Waals surface area contributed by atoms with Gasteiger partial charge in [0.1, 0.15) is 23.4 Å². The molecule has 0 radical (unpaired) electrons. The SMILES string of the molecule is COC(=O)CC[C@@H](C)[C@H]1CC[C@H]2[C@@H]3[C@H](Op4oc5ccccc5c5ccccc5o4)C[C@@H]4C[C@H](OC(C)=O)CC[C@]4(C)[C@H]3C[C@H](OC(C)=O)[C@]12C. The lowest BCUT2D eigenvalue weighted by atomic mass is 9.43. The Morgan fingerprint density at radius 2 is 1.51 bits per heavy atom. The number of rotatable bonds is 8. The fraction of sp³-hybridized carbons (Fsp3) is 0.634. The van der Waals surface area contributed by atoms with Gasteiger partial charge in [-0.3, -0.25) is 18.9 Å². The van der Waals surface area contributed by atoms with Crippen LogP contribution in [0, 0.1) is 46.3 Å². The van der Waals surface area contributed by atoms with Crippen molar-refractivity contribution < 1.29 is 41.5 Å². The molecule has 4 aliphatic carbocycles. The molecule has 11 atom stereocenters. The zero-order chi connectivity index (χ0) is 36.1. The van der Waals surface area contributed by atoms with Gasteiger partial charge in [-0.1, -0.05) is 57.2 Å². The number of carbonyl (C=O) groups is 3. The van der Waals surface area contributed by atoms with Crippen LogP contribution in [0.3, 0.4) is 0 Å². The van der Waals surface area contributed by atoms with Crippen molar-refractivity contribution >= 4 is 48.1 Å². The van der Waals surface area contributed by atoms with Gasteiger partial charge in [0, 0.05) is 36.5 Å². The minimum absolute atomic E-state index is 0.0485. The minimum Gasteiger partial charge on any atom is -0.469 e. The Balaban J connectivity index is 1.32. The van der Waals surface area contributed by atoms with E-state index in [1.165, 1.54) is 21.0 Å². The lowest BCUT2D eigenvalue weighted by Crippen LogP contribution is -2.63. The summed E-state index contributed by atoms with van der Waals surface area (Å²) in [7, 11) is -0.373. The number of benzene rings is 2. The number of ether oxygens (including phenoxy) is 3. The molecule has 51 heavy (non-hydrogen) atoms. The number of para-hydroxylation sites is 2. The minimum atomic E-state index is -1.81. The highest BCUT2D eigenvalue weighted by atomic mass is 31.1. The van der Waals surface area contributed by atoms with Crippen molar-refractivity contribution in [3.8, 4) is 0 Å². The smallest absolute Gasteiger partial charge is 0.387 e. The molecule has 0 spiro atoms. The Morgan fingerprint density at radius 3 is 2.14 bits per heavy atom. The Kier molecular flexibility index (Phi) is 10.1. The zero-order valence-corrected chi connectivity index (χ0v) is 31.7. The van der Waals surface area contributed by atoms with E-state index in [-0.39, 0.29) is 82.6 Å². The van der Waals surface area contributed by atoms with Gasteiger partial charge in [0.05, 0.1) is 13.2 Å². The van der Waals surface area contributed by atoms with Crippen molar-refractivity contribution in [2.24, 2.45) is 46.3 Å². The number of esters is 3. The Hall–Kier alpha value is -3.29. The third kappa shape index (κ3) is 6.63. The fourth-order valence-corrected chi connectivity index (χ4v) is 12.6. The van der Waals surface area contributed by atoms with Crippen LogP contribution in [-0.2, 0) is 28.6 Å². The lowest BCUT2D eigenvalue weighted by molar-refractivity contribution is -0.212. The largest absolute Gasteiger partial charge is 0.469 e.